The number of ether oxygens (including phenoxy) is 1. The molecule has 1 aliphatic rings. The fraction of sp³-hybridized carbons (Fsp3) is 0.458. The van der Waals surface area contributed by atoms with Crippen LogP contribution < -0.4 is 15.0 Å². The van der Waals surface area contributed by atoms with Gasteiger partial charge in [0.05, 0.1) is 18.9 Å². The molecule has 5 heteroatoms. The largest absolute Gasteiger partial charge is 0.497 e. The first-order valence-corrected chi connectivity index (χ1v) is 11.6. The van der Waals surface area contributed by atoms with Crippen molar-refractivity contribution in [2.75, 3.05) is 30.9 Å². The summed E-state index contributed by atoms with van der Waals surface area (Å²) >= 11 is 1.63. The molecule has 29 heavy (non-hydrogen) atoms. The van der Waals surface area contributed by atoms with Crippen LogP contribution in [0.3, 0.4) is 0 Å². The van der Waals surface area contributed by atoms with E-state index in [0.29, 0.717) is 5.75 Å². The first kappa shape index (κ1) is 21.6. The molecule has 2 aromatic rings. The third kappa shape index (κ3) is 6.43. The minimum Gasteiger partial charge on any atom is -0.497 e. The molecule has 2 aromatic carbocycles. The van der Waals surface area contributed by atoms with Gasteiger partial charge in [-0.3, -0.25) is 4.79 Å². The fourth-order valence-corrected chi connectivity index (χ4v) is 4.55. The Hall–Kier alpha value is -2.14. The van der Waals surface area contributed by atoms with E-state index in [4.69, 9.17) is 4.74 Å². The fourth-order valence-electron chi connectivity index (χ4n) is 3.75. The van der Waals surface area contributed by atoms with E-state index in [-0.39, 0.29) is 11.9 Å². The highest BCUT2D eigenvalue weighted by Crippen LogP contribution is 2.25. The van der Waals surface area contributed by atoms with Crippen LogP contribution in [-0.2, 0) is 10.5 Å². The van der Waals surface area contributed by atoms with Crippen LogP contribution in [-0.4, -0.2) is 31.9 Å². The van der Waals surface area contributed by atoms with Crippen molar-refractivity contribution in [2.45, 2.75) is 38.5 Å². The van der Waals surface area contributed by atoms with Crippen LogP contribution in [0.2, 0.25) is 0 Å². The predicted molar refractivity (Wildman–Crippen MR) is 123 cm³/mol. The minimum absolute atomic E-state index is 0.0124. The van der Waals surface area contributed by atoms with Crippen molar-refractivity contribution in [1.29, 1.82) is 0 Å². The van der Waals surface area contributed by atoms with Crippen LogP contribution in [0, 0.1) is 5.92 Å². The molecule has 2 atom stereocenters. The second-order valence-electron chi connectivity index (χ2n) is 7.92. The number of hydrogen-bond donors (Lipinski definition) is 1. The Morgan fingerprint density at radius 3 is 2.59 bits per heavy atom. The number of thioether (sulfide) groups is 1. The smallest absolute Gasteiger partial charge is 0.230 e. The van der Waals surface area contributed by atoms with E-state index < -0.39 is 0 Å². The summed E-state index contributed by atoms with van der Waals surface area (Å²) in [5.74, 6) is 2.96. The maximum absolute atomic E-state index is 12.3. The number of hydrogen-bond acceptors (Lipinski definition) is 4. The van der Waals surface area contributed by atoms with Gasteiger partial charge in [-0.25, -0.2) is 0 Å². The van der Waals surface area contributed by atoms with E-state index in [1.54, 1.807) is 18.9 Å². The van der Waals surface area contributed by atoms with Crippen LogP contribution in [0.5, 0.6) is 5.75 Å². The van der Waals surface area contributed by atoms with Gasteiger partial charge in [0, 0.05) is 24.5 Å². The lowest BCUT2D eigenvalue weighted by molar-refractivity contribution is -0.119. The summed E-state index contributed by atoms with van der Waals surface area (Å²) in [6, 6.07) is 16.7. The summed E-state index contributed by atoms with van der Waals surface area (Å²) in [7, 11) is 1.66. The Kier molecular flexibility index (Phi) is 7.87. The van der Waals surface area contributed by atoms with E-state index in [0.717, 1.165) is 36.1 Å². The first-order valence-electron chi connectivity index (χ1n) is 10.4. The van der Waals surface area contributed by atoms with Gasteiger partial charge < -0.3 is 15.0 Å². The average molecular weight is 413 g/mol. The summed E-state index contributed by atoms with van der Waals surface area (Å²) in [4.78, 5) is 14.8. The molecular formula is C24H32N2O2S. The molecule has 0 bridgehead atoms. The summed E-state index contributed by atoms with van der Waals surface area (Å²) in [6.45, 7) is 6.65. The summed E-state index contributed by atoms with van der Waals surface area (Å²) in [6.07, 6.45) is 2.59. The average Bonchev–Trinajstić information content (AvgIpc) is 2.74. The summed E-state index contributed by atoms with van der Waals surface area (Å²) in [5.41, 5.74) is 3.63. The van der Waals surface area contributed by atoms with Gasteiger partial charge >= 0.3 is 0 Å². The van der Waals surface area contributed by atoms with Gasteiger partial charge in [0.15, 0.2) is 0 Å². The zero-order chi connectivity index (χ0) is 20.6. The quantitative estimate of drug-likeness (QED) is 0.659. The molecule has 4 nitrogen and oxygen atoms in total. The zero-order valence-corrected chi connectivity index (χ0v) is 18.5. The molecule has 1 N–H and O–H groups in total. The number of carbonyl (C=O) groups excluding carboxylic acids is 1. The number of piperidine rings is 1. The lowest BCUT2D eigenvalue weighted by atomic mass is 9.99. The molecule has 0 spiro atoms. The highest BCUT2D eigenvalue weighted by molar-refractivity contribution is 7.99. The molecular weight excluding hydrogens is 380 g/mol. The predicted octanol–water partition coefficient (Wildman–Crippen LogP) is 5.04. The van der Waals surface area contributed by atoms with Gasteiger partial charge in [-0.15, -0.1) is 11.8 Å². The molecule has 0 saturated carbocycles. The van der Waals surface area contributed by atoms with Gasteiger partial charge in [-0.2, -0.15) is 0 Å². The monoisotopic (exact) mass is 412 g/mol. The molecule has 1 aliphatic heterocycles. The molecule has 156 valence electrons. The number of carbonyl (C=O) groups is 1. The molecule has 1 saturated heterocycles. The van der Waals surface area contributed by atoms with Crippen molar-refractivity contribution in [3.63, 3.8) is 0 Å². The van der Waals surface area contributed by atoms with Crippen molar-refractivity contribution in [3.05, 3.63) is 59.7 Å². The van der Waals surface area contributed by atoms with Crippen LogP contribution in [0.1, 0.15) is 43.9 Å². The van der Waals surface area contributed by atoms with Gasteiger partial charge in [-0.1, -0.05) is 31.2 Å². The maximum Gasteiger partial charge on any atom is 0.230 e. The van der Waals surface area contributed by atoms with Gasteiger partial charge in [0.1, 0.15) is 5.75 Å². The summed E-state index contributed by atoms with van der Waals surface area (Å²) in [5, 5.41) is 3.11. The zero-order valence-electron chi connectivity index (χ0n) is 17.7. The van der Waals surface area contributed by atoms with E-state index in [1.807, 2.05) is 31.2 Å². The van der Waals surface area contributed by atoms with E-state index in [1.165, 1.54) is 24.1 Å². The third-order valence-corrected chi connectivity index (χ3v) is 6.46. The van der Waals surface area contributed by atoms with Crippen molar-refractivity contribution < 1.29 is 9.53 Å². The summed E-state index contributed by atoms with van der Waals surface area (Å²) < 4.78 is 5.17. The molecule has 0 unspecified atom stereocenters. The lowest BCUT2D eigenvalue weighted by Crippen LogP contribution is -2.34. The number of nitrogens with one attached hydrogen (secondary N) is 1. The number of nitrogens with zero attached hydrogens (tertiary/aromatic N) is 1. The molecule has 3 rings (SSSR count). The molecule has 0 aromatic heterocycles. The molecule has 0 aliphatic carbocycles. The van der Waals surface area contributed by atoms with Gasteiger partial charge in [0.2, 0.25) is 5.91 Å². The number of anilines is 1. The Balaban J connectivity index is 1.43. The Bertz CT molecular complexity index is 776. The second kappa shape index (κ2) is 10.6. The second-order valence-corrected chi connectivity index (χ2v) is 8.90. The molecule has 1 amide bonds. The molecule has 0 radical (unpaired) electrons. The van der Waals surface area contributed by atoms with E-state index in [2.05, 4.69) is 41.4 Å². The van der Waals surface area contributed by atoms with Crippen LogP contribution in [0.4, 0.5) is 5.69 Å². The SMILES string of the molecule is COc1ccc(CSCC(=O)N[C@H](C)c2ccc(N3CCC[C@H](C)C3)cc2)cc1. The van der Waals surface area contributed by atoms with Crippen molar-refractivity contribution >= 4 is 23.4 Å². The topological polar surface area (TPSA) is 41.6 Å². The van der Waals surface area contributed by atoms with Crippen molar-refractivity contribution in [2.24, 2.45) is 5.92 Å². The first-order chi connectivity index (χ1) is 14.0. The Morgan fingerprint density at radius 1 is 1.21 bits per heavy atom. The highest BCUT2D eigenvalue weighted by atomic mass is 32.2. The van der Waals surface area contributed by atoms with E-state index in [9.17, 15) is 4.79 Å². The molecule has 1 heterocycles. The van der Waals surface area contributed by atoms with Gasteiger partial charge in [-0.05, 0) is 61.1 Å². The Morgan fingerprint density at radius 2 is 1.93 bits per heavy atom. The van der Waals surface area contributed by atoms with Crippen molar-refractivity contribution in [1.82, 2.24) is 5.32 Å². The lowest BCUT2D eigenvalue weighted by Gasteiger charge is -2.33. The van der Waals surface area contributed by atoms with Crippen molar-refractivity contribution in [3.8, 4) is 5.75 Å². The van der Waals surface area contributed by atoms with E-state index >= 15 is 0 Å². The number of rotatable bonds is 8. The Labute approximate surface area is 179 Å². The molecule has 1 fully saturated rings. The number of methoxy groups -OCH3 is 1. The number of benzene rings is 2. The maximum atomic E-state index is 12.3. The normalized spacial score (nSPS) is 17.6. The van der Waals surface area contributed by atoms with Crippen LogP contribution >= 0.6 is 11.8 Å². The third-order valence-electron chi connectivity index (χ3n) is 5.45. The number of amides is 1. The van der Waals surface area contributed by atoms with Crippen LogP contribution in [0.25, 0.3) is 0 Å². The minimum atomic E-state index is 0.0124. The van der Waals surface area contributed by atoms with Crippen LogP contribution in [0.15, 0.2) is 48.5 Å². The highest BCUT2D eigenvalue weighted by Gasteiger charge is 2.17. The standard InChI is InChI=1S/C24H32N2O2S/c1-18-5-4-14-26(15-18)22-10-8-21(9-11-22)19(2)25-24(27)17-29-16-20-6-12-23(28-3)13-7-20/h6-13,18-19H,4-5,14-17H2,1-3H3,(H,25,27)/t18-,19+/m0/s1. The van der Waals surface area contributed by atoms with Gasteiger partial charge in [0.25, 0.3) is 0 Å².